The lowest BCUT2D eigenvalue weighted by Crippen LogP contribution is -2.16. The van der Waals surface area contributed by atoms with Crippen molar-refractivity contribution in [1.82, 2.24) is 43.6 Å². The SMILES string of the molecule is CC1(C)c2ccccc2-c2c1ccc1c3ccccc3n(-c3ccc4c(c3)oc3c(-c5ccccc5)nc(-c5ccccc5)nc34)c21.CC1(C)c2ccccc2-c2cc3c4ccccc4n(-c4ccc5c(c4)oc4c(-c6ccccc6)nc(-c6ccccc6)nc45)c3cc21.CC1(C)c2ccccc2-c2ccc3c4ccccc4n(-c4ccc5c(c4)oc4c(-c6ccccc6)nc(-c6ccccc6)nc45)c3c21. The van der Waals surface area contributed by atoms with Crippen LogP contribution in [0.25, 0.3) is 250 Å². The molecule has 3 aliphatic carbocycles. The van der Waals surface area contributed by atoms with E-state index in [1.54, 1.807) is 0 Å². The standard InChI is InChI=1S/3C43H29N3O/c1-43(2)33-19-11-9-18-31(33)37-34(43)24-23-30-29-17-10-12-20-35(29)46(40(30)37)28-21-22-32-36(25-28)47-41-38(26-13-5-3-6-14-26)44-42(45-39(32)41)27-15-7-4-8-16-27;1-43(2)34-19-11-9-17-29(34)32-24-33-30-18-10-12-20-36(30)46(37(33)25-35(32)43)28-21-22-31-38(23-28)47-41-39(26-13-5-3-6-14-26)44-42(45-40(31)41)27-15-7-4-8-16-27;1-43(2)34-19-11-9-17-29(34)31-23-24-32-30-18-10-12-20-35(30)46(40(32)37(31)43)28-21-22-33-36(25-28)47-41-38(26-13-5-3-6-14-26)44-42(45-39(33)41)27-15-7-4-8-16-27/h3*3-25H,1-2H3. The Morgan fingerprint density at radius 1 is 0.206 bits per heavy atom. The minimum atomic E-state index is -0.158. The Labute approximate surface area is 811 Å². The Morgan fingerprint density at radius 2 is 0.532 bits per heavy atom. The van der Waals surface area contributed by atoms with Crippen molar-refractivity contribution in [2.24, 2.45) is 0 Å². The lowest BCUT2D eigenvalue weighted by atomic mass is 9.81. The molecule has 12 nitrogen and oxygen atoms in total. The maximum absolute atomic E-state index is 6.74. The van der Waals surface area contributed by atoms with Gasteiger partial charge in [0.25, 0.3) is 0 Å². The Hall–Kier alpha value is -18.0. The first kappa shape index (κ1) is 81.4. The second kappa shape index (κ2) is 31.0. The van der Waals surface area contributed by atoms with Gasteiger partial charge in [0.05, 0.1) is 33.1 Å². The number of rotatable bonds is 9. The Balaban J connectivity index is 0.000000104. The van der Waals surface area contributed by atoms with E-state index in [2.05, 4.69) is 365 Å². The van der Waals surface area contributed by atoms with Crippen LogP contribution < -0.4 is 0 Å². The number of para-hydroxylation sites is 3. The molecule has 9 aromatic heterocycles. The maximum atomic E-state index is 6.74. The summed E-state index contributed by atoms with van der Waals surface area (Å²) in [5.41, 5.74) is 41.3. The molecule has 30 rings (SSSR count). The fraction of sp³-hybridized carbons (Fsp3) is 0.0698. The van der Waals surface area contributed by atoms with E-state index in [0.717, 1.165) is 117 Å². The van der Waals surface area contributed by atoms with Gasteiger partial charge in [-0.3, -0.25) is 0 Å². The highest BCUT2D eigenvalue weighted by Gasteiger charge is 2.42. The van der Waals surface area contributed by atoms with Gasteiger partial charge < -0.3 is 27.0 Å². The molecule has 9 heterocycles. The molecule has 3 aliphatic rings. The van der Waals surface area contributed by atoms with Gasteiger partial charge in [-0.05, 0) is 128 Å². The summed E-state index contributed by atoms with van der Waals surface area (Å²) in [6.07, 6.45) is 0. The molecule has 141 heavy (non-hydrogen) atoms. The normalized spacial score (nSPS) is 13.5. The molecule has 0 N–H and O–H groups in total. The summed E-state index contributed by atoms with van der Waals surface area (Å²) >= 11 is 0. The molecule has 0 saturated carbocycles. The number of furan rings is 3. The number of nitrogens with zero attached hydrogens (tertiary/aromatic N) is 9. The molecule has 0 aliphatic heterocycles. The van der Waals surface area contributed by atoms with Crippen molar-refractivity contribution in [3.63, 3.8) is 0 Å². The Kier molecular flexibility index (Phi) is 17.9. The van der Waals surface area contributed by atoms with Crippen molar-refractivity contribution < 1.29 is 13.3 Å². The van der Waals surface area contributed by atoms with Gasteiger partial charge in [-0.15, -0.1) is 0 Å². The first-order valence-corrected chi connectivity index (χ1v) is 48.3. The van der Waals surface area contributed by atoms with Crippen molar-refractivity contribution in [3.05, 3.63) is 452 Å². The summed E-state index contributed by atoms with van der Waals surface area (Å²) in [4.78, 5) is 30.4. The quantitative estimate of drug-likeness (QED) is 0.139. The van der Waals surface area contributed by atoms with Gasteiger partial charge >= 0.3 is 0 Å². The first-order chi connectivity index (χ1) is 69.2. The summed E-state index contributed by atoms with van der Waals surface area (Å²) in [5.74, 6) is 2.05. The fourth-order valence-corrected chi connectivity index (χ4v) is 23.4. The minimum absolute atomic E-state index is 0.0902. The summed E-state index contributed by atoms with van der Waals surface area (Å²) < 4.78 is 27.4. The predicted octanol–water partition coefficient (Wildman–Crippen LogP) is 33.3. The van der Waals surface area contributed by atoms with Gasteiger partial charge in [-0.2, -0.15) is 0 Å². The van der Waals surface area contributed by atoms with Crippen LogP contribution in [-0.4, -0.2) is 43.6 Å². The van der Waals surface area contributed by atoms with E-state index in [1.165, 1.54) is 132 Å². The van der Waals surface area contributed by atoms with E-state index in [9.17, 15) is 0 Å². The summed E-state index contributed by atoms with van der Waals surface area (Å²) in [6.45, 7) is 14.1. The number of fused-ring (bicyclic) bond motifs is 29. The zero-order valence-corrected chi connectivity index (χ0v) is 78.1. The number of aromatic nitrogens is 9. The van der Waals surface area contributed by atoms with Gasteiger partial charge in [-0.1, -0.05) is 375 Å². The largest absolute Gasteiger partial charge is 0.452 e. The van der Waals surface area contributed by atoms with E-state index < -0.39 is 0 Å². The average Bonchev–Trinajstić information content (AvgIpc) is 1.54. The molecule has 0 radical (unpaired) electrons. The van der Waals surface area contributed by atoms with Crippen LogP contribution in [0.3, 0.4) is 0 Å². The van der Waals surface area contributed by atoms with Crippen LogP contribution in [0.15, 0.2) is 432 Å². The van der Waals surface area contributed by atoms with Crippen LogP contribution in [-0.2, 0) is 16.2 Å². The zero-order chi connectivity index (χ0) is 93.8. The van der Waals surface area contributed by atoms with Gasteiger partial charge in [0.2, 0.25) is 0 Å². The molecule has 0 spiro atoms. The van der Waals surface area contributed by atoms with Gasteiger partial charge in [0.15, 0.2) is 34.2 Å². The molecule has 0 unspecified atom stereocenters. The molecular formula is C129H87N9O3. The van der Waals surface area contributed by atoms with E-state index in [1.807, 2.05) is 109 Å². The molecule has 27 aromatic rings. The molecular weight excluding hydrogens is 1720 g/mol. The Bertz CT molecular complexity index is 9880. The third-order valence-corrected chi connectivity index (χ3v) is 30.0. The minimum Gasteiger partial charge on any atom is -0.452 e. The van der Waals surface area contributed by atoms with E-state index >= 15 is 0 Å². The van der Waals surface area contributed by atoms with Gasteiger partial charge in [-0.25, -0.2) is 29.9 Å². The second-order valence-corrected chi connectivity index (χ2v) is 39.0. The van der Waals surface area contributed by atoms with Crippen molar-refractivity contribution in [1.29, 1.82) is 0 Å². The maximum Gasteiger partial charge on any atom is 0.180 e. The summed E-state index contributed by atoms with van der Waals surface area (Å²) in [7, 11) is 0. The van der Waals surface area contributed by atoms with Crippen molar-refractivity contribution in [2.75, 3.05) is 0 Å². The van der Waals surface area contributed by atoms with Gasteiger partial charge in [0.1, 0.15) is 50.4 Å². The summed E-state index contributed by atoms with van der Waals surface area (Å²) in [5, 5.41) is 10.4. The van der Waals surface area contributed by atoms with Crippen LogP contribution in [0.5, 0.6) is 0 Å². The number of benzene rings is 18. The van der Waals surface area contributed by atoms with Crippen molar-refractivity contribution in [2.45, 2.75) is 57.8 Å². The molecule has 0 fully saturated rings. The van der Waals surface area contributed by atoms with E-state index in [-0.39, 0.29) is 16.2 Å². The average molecular weight is 1810 g/mol. The van der Waals surface area contributed by atoms with Crippen molar-refractivity contribution >= 4 is 132 Å². The Morgan fingerprint density at radius 3 is 0.979 bits per heavy atom. The van der Waals surface area contributed by atoms with Crippen LogP contribution in [0.4, 0.5) is 0 Å². The van der Waals surface area contributed by atoms with Crippen LogP contribution in [0, 0.1) is 0 Å². The third-order valence-electron chi connectivity index (χ3n) is 30.0. The molecule has 0 saturated heterocycles. The van der Waals surface area contributed by atoms with Crippen LogP contribution in [0.1, 0.15) is 74.9 Å². The molecule has 18 aromatic carbocycles. The number of hydrogen-bond donors (Lipinski definition) is 0. The molecule has 0 amide bonds. The highest BCUT2D eigenvalue weighted by molar-refractivity contribution is 6.19. The third kappa shape index (κ3) is 12.4. The van der Waals surface area contributed by atoms with E-state index in [4.69, 9.17) is 43.2 Å². The van der Waals surface area contributed by atoms with Crippen molar-refractivity contribution in [3.8, 4) is 118 Å². The zero-order valence-electron chi connectivity index (χ0n) is 78.1. The first-order valence-electron chi connectivity index (χ1n) is 48.3. The monoisotopic (exact) mass is 1810 g/mol. The highest BCUT2D eigenvalue weighted by Crippen LogP contribution is 2.57. The van der Waals surface area contributed by atoms with Gasteiger partial charge in [0, 0.05) is 139 Å². The highest BCUT2D eigenvalue weighted by atomic mass is 16.3. The molecule has 666 valence electrons. The van der Waals surface area contributed by atoms with Crippen LogP contribution >= 0.6 is 0 Å². The lowest BCUT2D eigenvalue weighted by molar-refractivity contribution is 0.660. The topological polar surface area (TPSA) is 132 Å². The number of hydrogen-bond acceptors (Lipinski definition) is 9. The second-order valence-electron chi connectivity index (χ2n) is 39.0. The molecule has 0 atom stereocenters. The predicted molar refractivity (Wildman–Crippen MR) is 576 cm³/mol. The molecule has 0 bridgehead atoms. The smallest absolute Gasteiger partial charge is 0.180 e. The summed E-state index contributed by atoms with van der Waals surface area (Å²) in [6, 6.07) is 148. The molecule has 12 heteroatoms. The fourth-order valence-electron chi connectivity index (χ4n) is 23.4. The lowest BCUT2D eigenvalue weighted by Gasteiger charge is -2.23. The van der Waals surface area contributed by atoms with Crippen LogP contribution in [0.2, 0.25) is 0 Å². The van der Waals surface area contributed by atoms with E-state index in [0.29, 0.717) is 34.2 Å².